The molecule has 5 rings (SSSR count). The van der Waals surface area contributed by atoms with Crippen LogP contribution in [0, 0.1) is 10.1 Å². The van der Waals surface area contributed by atoms with E-state index in [1.54, 1.807) is 48.5 Å². The smallest absolute Gasteiger partial charge is 0.270 e. The van der Waals surface area contributed by atoms with Crippen molar-refractivity contribution in [1.29, 1.82) is 0 Å². The summed E-state index contributed by atoms with van der Waals surface area (Å²) in [6.07, 6.45) is 0.272. The molecule has 0 unspecified atom stereocenters. The van der Waals surface area contributed by atoms with Gasteiger partial charge in [0.05, 0.1) is 17.7 Å². The molecule has 0 aliphatic carbocycles. The summed E-state index contributed by atoms with van der Waals surface area (Å²) in [5.74, 6) is -0.789. The molecule has 0 aromatic heterocycles. The fourth-order valence-electron chi connectivity index (χ4n) is 4.76. The van der Waals surface area contributed by atoms with Gasteiger partial charge in [-0.2, -0.15) is 0 Å². The van der Waals surface area contributed by atoms with Gasteiger partial charge < -0.3 is 9.64 Å². The largest absolute Gasteiger partial charge is 0.495 e. The third-order valence-corrected chi connectivity index (χ3v) is 6.54. The summed E-state index contributed by atoms with van der Waals surface area (Å²) < 4.78 is 5.46. The highest BCUT2D eigenvalue weighted by atomic mass is 16.6. The van der Waals surface area contributed by atoms with E-state index in [2.05, 4.69) is 0 Å². The van der Waals surface area contributed by atoms with Crippen molar-refractivity contribution >= 4 is 39.9 Å². The number of amides is 3. The third-order valence-electron chi connectivity index (χ3n) is 6.54. The zero-order valence-corrected chi connectivity index (χ0v) is 20.5. The molecule has 4 aromatic carbocycles. The summed E-state index contributed by atoms with van der Waals surface area (Å²) in [5.41, 5.74) is 1.33. The number of imide groups is 1. The second-order valence-electron chi connectivity index (χ2n) is 8.76. The standard InChI is InChI=1S/C29H23N3O6/c1-38-25-15-3-2-14-24(25)30(27(33)20-10-4-11-21(18-20)32(36)37)16-7-17-31-28(34)22-12-5-8-19-9-6-13-23(26(19)22)29(31)35/h2-6,8-15,18H,7,16-17H2,1H3. The molecular weight excluding hydrogens is 486 g/mol. The van der Waals surface area contributed by atoms with Gasteiger partial charge in [0.1, 0.15) is 5.75 Å². The van der Waals surface area contributed by atoms with Crippen molar-refractivity contribution in [3.8, 4) is 5.75 Å². The quantitative estimate of drug-likeness (QED) is 0.186. The molecule has 0 saturated carbocycles. The van der Waals surface area contributed by atoms with Crippen LogP contribution in [0.3, 0.4) is 0 Å². The Bertz CT molecular complexity index is 1550. The highest BCUT2D eigenvalue weighted by molar-refractivity contribution is 6.25. The molecule has 0 atom stereocenters. The second kappa shape index (κ2) is 10.1. The number of carbonyl (C=O) groups is 3. The molecule has 0 fully saturated rings. The second-order valence-corrected chi connectivity index (χ2v) is 8.76. The molecule has 3 amide bonds. The fourth-order valence-corrected chi connectivity index (χ4v) is 4.76. The number of nitro groups is 1. The Hall–Kier alpha value is -5.05. The van der Waals surface area contributed by atoms with Crippen molar-refractivity contribution in [2.45, 2.75) is 6.42 Å². The van der Waals surface area contributed by atoms with Gasteiger partial charge in [-0.15, -0.1) is 0 Å². The Morgan fingerprint density at radius 3 is 2.24 bits per heavy atom. The zero-order valence-electron chi connectivity index (χ0n) is 20.5. The normalized spacial score (nSPS) is 12.5. The molecule has 1 aliphatic heterocycles. The zero-order chi connectivity index (χ0) is 26.8. The maximum absolute atomic E-state index is 13.6. The minimum atomic E-state index is -0.559. The fraction of sp³-hybridized carbons (Fsp3) is 0.138. The van der Waals surface area contributed by atoms with Crippen molar-refractivity contribution in [3.63, 3.8) is 0 Å². The van der Waals surface area contributed by atoms with Crippen LogP contribution in [0.4, 0.5) is 11.4 Å². The van der Waals surface area contributed by atoms with Crippen molar-refractivity contribution < 1.29 is 24.0 Å². The lowest BCUT2D eigenvalue weighted by molar-refractivity contribution is -0.384. The molecule has 9 heteroatoms. The Labute approximate surface area is 218 Å². The molecule has 190 valence electrons. The van der Waals surface area contributed by atoms with E-state index >= 15 is 0 Å². The van der Waals surface area contributed by atoms with Gasteiger partial charge in [0.25, 0.3) is 23.4 Å². The van der Waals surface area contributed by atoms with E-state index in [4.69, 9.17) is 4.74 Å². The maximum atomic E-state index is 13.6. The van der Waals surface area contributed by atoms with Crippen molar-refractivity contribution in [2.75, 3.05) is 25.1 Å². The number of hydrogen-bond donors (Lipinski definition) is 0. The van der Waals surface area contributed by atoms with Crippen molar-refractivity contribution in [2.24, 2.45) is 0 Å². The van der Waals surface area contributed by atoms with Gasteiger partial charge in [-0.1, -0.05) is 42.5 Å². The van der Waals surface area contributed by atoms with Crippen LogP contribution in [0.1, 0.15) is 37.5 Å². The van der Waals surface area contributed by atoms with E-state index in [9.17, 15) is 24.5 Å². The third kappa shape index (κ3) is 4.34. The Morgan fingerprint density at radius 2 is 1.58 bits per heavy atom. The summed E-state index contributed by atoms with van der Waals surface area (Å²) in [6, 6.07) is 23.2. The molecule has 1 heterocycles. The van der Waals surface area contributed by atoms with Crippen LogP contribution in [0.5, 0.6) is 5.75 Å². The first kappa shape index (κ1) is 24.6. The van der Waals surface area contributed by atoms with Crippen LogP contribution in [0.25, 0.3) is 10.8 Å². The van der Waals surface area contributed by atoms with Crippen LogP contribution in [-0.4, -0.2) is 47.7 Å². The van der Waals surface area contributed by atoms with Crippen molar-refractivity contribution in [3.05, 3.63) is 112 Å². The van der Waals surface area contributed by atoms with E-state index in [-0.39, 0.29) is 42.6 Å². The summed E-state index contributed by atoms with van der Waals surface area (Å²) in [4.78, 5) is 53.5. The molecular formula is C29H23N3O6. The van der Waals surface area contributed by atoms with E-state index in [0.717, 1.165) is 5.39 Å². The minimum Gasteiger partial charge on any atom is -0.495 e. The number of para-hydroxylation sites is 2. The van der Waals surface area contributed by atoms with Gasteiger partial charge in [0.15, 0.2) is 0 Å². The van der Waals surface area contributed by atoms with E-state index < -0.39 is 10.8 Å². The summed E-state index contributed by atoms with van der Waals surface area (Å²) >= 11 is 0. The number of non-ortho nitro benzene ring substituents is 1. The Kier molecular flexibility index (Phi) is 6.57. The lowest BCUT2D eigenvalue weighted by Crippen LogP contribution is -2.42. The van der Waals surface area contributed by atoms with Gasteiger partial charge in [-0.25, -0.2) is 0 Å². The van der Waals surface area contributed by atoms with Crippen LogP contribution < -0.4 is 9.64 Å². The Balaban J connectivity index is 1.42. The van der Waals surface area contributed by atoms with E-state index in [0.29, 0.717) is 28.0 Å². The van der Waals surface area contributed by atoms with Crippen LogP contribution in [0.15, 0.2) is 84.9 Å². The number of benzene rings is 4. The topological polar surface area (TPSA) is 110 Å². The lowest BCUT2D eigenvalue weighted by Gasteiger charge is -2.29. The van der Waals surface area contributed by atoms with Gasteiger partial charge >= 0.3 is 0 Å². The number of nitro benzene ring substituents is 1. The first-order chi connectivity index (χ1) is 18.4. The lowest BCUT2D eigenvalue weighted by atomic mass is 9.94. The average Bonchev–Trinajstić information content (AvgIpc) is 2.95. The van der Waals surface area contributed by atoms with Crippen LogP contribution in [-0.2, 0) is 0 Å². The van der Waals surface area contributed by atoms with Crippen LogP contribution in [0.2, 0.25) is 0 Å². The van der Waals surface area contributed by atoms with Crippen molar-refractivity contribution in [1.82, 2.24) is 4.90 Å². The minimum absolute atomic E-state index is 0.0796. The number of methoxy groups -OCH3 is 1. The first-order valence-corrected chi connectivity index (χ1v) is 12.0. The SMILES string of the molecule is COc1ccccc1N(CCCN1C(=O)c2cccc3cccc(c23)C1=O)C(=O)c1cccc([N+](=O)[O-])c1. The highest BCUT2D eigenvalue weighted by Crippen LogP contribution is 2.32. The Morgan fingerprint density at radius 1 is 0.921 bits per heavy atom. The summed E-state index contributed by atoms with van der Waals surface area (Å²) in [7, 11) is 1.48. The van der Waals surface area contributed by atoms with Gasteiger partial charge in [0.2, 0.25) is 0 Å². The number of nitrogens with zero attached hydrogens (tertiary/aromatic N) is 3. The molecule has 0 N–H and O–H groups in total. The average molecular weight is 510 g/mol. The predicted molar refractivity (Wildman–Crippen MR) is 142 cm³/mol. The van der Waals surface area contributed by atoms with E-state index in [1.807, 2.05) is 12.1 Å². The molecule has 38 heavy (non-hydrogen) atoms. The number of hydrogen-bond acceptors (Lipinski definition) is 6. The summed E-state index contributed by atoms with van der Waals surface area (Å²) in [6.45, 7) is 0.209. The molecule has 1 aliphatic rings. The highest BCUT2D eigenvalue weighted by Gasteiger charge is 2.32. The first-order valence-electron chi connectivity index (χ1n) is 12.0. The predicted octanol–water partition coefficient (Wildman–Crippen LogP) is 5.09. The van der Waals surface area contributed by atoms with Crippen LogP contribution >= 0.6 is 0 Å². The number of ether oxygens (including phenoxy) is 1. The van der Waals surface area contributed by atoms with E-state index in [1.165, 1.54) is 41.2 Å². The maximum Gasteiger partial charge on any atom is 0.270 e. The number of anilines is 1. The number of carbonyl (C=O) groups excluding carboxylic acids is 3. The monoisotopic (exact) mass is 509 g/mol. The molecule has 0 spiro atoms. The summed E-state index contributed by atoms with van der Waals surface area (Å²) in [5, 5.41) is 12.7. The molecule has 0 saturated heterocycles. The van der Waals surface area contributed by atoms with Gasteiger partial charge in [0, 0.05) is 47.3 Å². The van der Waals surface area contributed by atoms with Gasteiger partial charge in [-0.3, -0.25) is 29.4 Å². The molecule has 9 nitrogen and oxygen atoms in total. The van der Waals surface area contributed by atoms with Gasteiger partial charge in [-0.05, 0) is 42.1 Å². The molecule has 4 aromatic rings. The number of rotatable bonds is 8. The molecule has 0 bridgehead atoms. The molecule has 0 radical (unpaired) electrons.